The van der Waals surface area contributed by atoms with E-state index in [0.717, 1.165) is 31.0 Å². The molecule has 7 nitrogen and oxygen atoms in total. The van der Waals surface area contributed by atoms with Crippen LogP contribution in [0.15, 0.2) is 60.6 Å². The normalized spacial score (nSPS) is 19.4. The van der Waals surface area contributed by atoms with E-state index in [1.54, 1.807) is 42.5 Å². The van der Waals surface area contributed by atoms with Gasteiger partial charge >= 0.3 is 0 Å². The SMILES string of the molecule is CN=C(NCc1ccc(-n2ccnc2)c(F)c1)N1CCC(C)C(n2ccnc2)C1.I. The number of nitrogens with zero attached hydrogens (tertiary/aromatic N) is 6. The Morgan fingerprint density at radius 1 is 1.23 bits per heavy atom. The number of hydrogen-bond acceptors (Lipinski definition) is 3. The molecule has 9 heteroatoms. The van der Waals surface area contributed by atoms with Crippen molar-refractivity contribution >= 4 is 29.9 Å². The van der Waals surface area contributed by atoms with Gasteiger partial charge in [0.2, 0.25) is 0 Å². The Morgan fingerprint density at radius 2 is 2.03 bits per heavy atom. The fourth-order valence-corrected chi connectivity index (χ4v) is 3.88. The highest BCUT2D eigenvalue weighted by Gasteiger charge is 2.28. The van der Waals surface area contributed by atoms with Gasteiger partial charge in [-0.3, -0.25) is 4.99 Å². The van der Waals surface area contributed by atoms with Gasteiger partial charge in [0.15, 0.2) is 5.96 Å². The van der Waals surface area contributed by atoms with E-state index in [0.29, 0.717) is 24.2 Å². The first-order chi connectivity index (χ1) is 14.2. The summed E-state index contributed by atoms with van der Waals surface area (Å²) in [6.45, 7) is 4.60. The van der Waals surface area contributed by atoms with Crippen LogP contribution in [0.5, 0.6) is 0 Å². The fraction of sp³-hybridized carbons (Fsp3) is 0.381. The van der Waals surface area contributed by atoms with Crippen LogP contribution in [0.2, 0.25) is 0 Å². The summed E-state index contributed by atoms with van der Waals surface area (Å²) < 4.78 is 18.3. The molecule has 4 rings (SSSR count). The Balaban J connectivity index is 0.00000256. The second-order valence-electron chi connectivity index (χ2n) is 7.45. The van der Waals surface area contributed by atoms with Crippen LogP contribution in [0.1, 0.15) is 24.9 Å². The summed E-state index contributed by atoms with van der Waals surface area (Å²) in [4.78, 5) is 14.9. The van der Waals surface area contributed by atoms with Crippen molar-refractivity contribution in [1.82, 2.24) is 29.3 Å². The van der Waals surface area contributed by atoms with Crippen LogP contribution in [0.3, 0.4) is 0 Å². The second kappa shape index (κ2) is 10.1. The Morgan fingerprint density at radius 3 is 2.70 bits per heavy atom. The molecular formula is C21H27FIN7. The molecule has 1 saturated heterocycles. The van der Waals surface area contributed by atoms with E-state index < -0.39 is 0 Å². The van der Waals surface area contributed by atoms with Gasteiger partial charge in [0.1, 0.15) is 5.82 Å². The molecule has 0 amide bonds. The van der Waals surface area contributed by atoms with Gasteiger partial charge in [0.05, 0.1) is 24.4 Å². The predicted octanol–water partition coefficient (Wildman–Crippen LogP) is 3.48. The van der Waals surface area contributed by atoms with E-state index in [1.165, 1.54) is 0 Å². The topological polar surface area (TPSA) is 63.3 Å². The number of likely N-dealkylation sites (tertiary alicyclic amines) is 1. The van der Waals surface area contributed by atoms with E-state index in [1.807, 2.05) is 24.8 Å². The molecule has 0 saturated carbocycles. The first-order valence-corrected chi connectivity index (χ1v) is 9.85. The largest absolute Gasteiger partial charge is 0.352 e. The third kappa shape index (κ3) is 4.82. The van der Waals surface area contributed by atoms with Gasteiger partial charge < -0.3 is 19.4 Å². The van der Waals surface area contributed by atoms with Gasteiger partial charge in [0, 0.05) is 51.5 Å². The maximum Gasteiger partial charge on any atom is 0.193 e. The van der Waals surface area contributed by atoms with Crippen molar-refractivity contribution < 1.29 is 4.39 Å². The fourth-order valence-electron chi connectivity index (χ4n) is 3.88. The van der Waals surface area contributed by atoms with E-state index in [9.17, 15) is 4.39 Å². The highest BCUT2D eigenvalue weighted by molar-refractivity contribution is 14.0. The molecule has 2 atom stereocenters. The Labute approximate surface area is 193 Å². The molecule has 0 radical (unpaired) electrons. The lowest BCUT2D eigenvalue weighted by Crippen LogP contribution is -2.48. The van der Waals surface area contributed by atoms with Crippen LogP contribution in [-0.2, 0) is 6.54 Å². The summed E-state index contributed by atoms with van der Waals surface area (Å²) in [5.74, 6) is 1.13. The number of imidazole rings is 2. The maximum atomic E-state index is 14.5. The summed E-state index contributed by atoms with van der Waals surface area (Å²) in [6, 6.07) is 5.61. The summed E-state index contributed by atoms with van der Waals surface area (Å²) in [5, 5.41) is 3.38. The van der Waals surface area contributed by atoms with Crippen molar-refractivity contribution in [2.45, 2.75) is 25.9 Å². The first-order valence-electron chi connectivity index (χ1n) is 9.85. The lowest BCUT2D eigenvalue weighted by molar-refractivity contribution is 0.189. The molecule has 0 bridgehead atoms. The number of guanidine groups is 1. The summed E-state index contributed by atoms with van der Waals surface area (Å²) in [7, 11) is 1.79. The van der Waals surface area contributed by atoms with Gasteiger partial charge in [-0.25, -0.2) is 14.4 Å². The number of rotatable bonds is 4. The molecular weight excluding hydrogens is 496 g/mol. The number of hydrogen-bond donors (Lipinski definition) is 1. The van der Waals surface area contributed by atoms with Crippen LogP contribution in [0.4, 0.5) is 4.39 Å². The number of halogens is 2. The molecule has 30 heavy (non-hydrogen) atoms. The summed E-state index contributed by atoms with van der Waals surface area (Å²) in [5.41, 5.74) is 1.35. The van der Waals surface area contributed by atoms with Gasteiger partial charge in [-0.2, -0.15) is 0 Å². The molecule has 1 N–H and O–H groups in total. The van der Waals surface area contributed by atoms with Gasteiger partial charge in [0.25, 0.3) is 0 Å². The van der Waals surface area contributed by atoms with Crippen molar-refractivity contribution in [2.75, 3.05) is 20.1 Å². The molecule has 1 aliphatic rings. The van der Waals surface area contributed by atoms with Gasteiger partial charge in [-0.1, -0.05) is 13.0 Å². The molecule has 1 fully saturated rings. The number of aromatic nitrogens is 4. The quantitative estimate of drug-likeness (QED) is 0.323. The molecule has 0 aliphatic carbocycles. The molecule has 3 aromatic rings. The van der Waals surface area contributed by atoms with Crippen molar-refractivity contribution in [3.63, 3.8) is 0 Å². The van der Waals surface area contributed by atoms with Crippen LogP contribution < -0.4 is 5.32 Å². The van der Waals surface area contributed by atoms with E-state index in [4.69, 9.17) is 0 Å². The molecule has 0 spiro atoms. The van der Waals surface area contributed by atoms with Crippen molar-refractivity contribution in [2.24, 2.45) is 10.9 Å². The number of nitrogens with one attached hydrogen (secondary N) is 1. The van der Waals surface area contributed by atoms with E-state index in [-0.39, 0.29) is 29.8 Å². The van der Waals surface area contributed by atoms with Crippen LogP contribution in [0, 0.1) is 11.7 Å². The second-order valence-corrected chi connectivity index (χ2v) is 7.45. The van der Waals surface area contributed by atoms with Gasteiger partial charge in [-0.15, -0.1) is 24.0 Å². The van der Waals surface area contributed by atoms with E-state index >= 15 is 0 Å². The van der Waals surface area contributed by atoms with Crippen molar-refractivity contribution in [1.29, 1.82) is 0 Å². The van der Waals surface area contributed by atoms with Crippen LogP contribution in [0.25, 0.3) is 5.69 Å². The zero-order valence-electron chi connectivity index (χ0n) is 17.1. The molecule has 1 aromatic carbocycles. The third-order valence-corrected chi connectivity index (χ3v) is 5.58. The number of piperidine rings is 1. The highest BCUT2D eigenvalue weighted by Crippen LogP contribution is 2.27. The molecule has 1 aliphatic heterocycles. The van der Waals surface area contributed by atoms with Crippen LogP contribution >= 0.6 is 24.0 Å². The minimum Gasteiger partial charge on any atom is -0.352 e. The molecule has 3 heterocycles. The molecule has 160 valence electrons. The Bertz CT molecular complexity index is 956. The summed E-state index contributed by atoms with van der Waals surface area (Å²) >= 11 is 0. The molecule has 2 aromatic heterocycles. The smallest absolute Gasteiger partial charge is 0.193 e. The van der Waals surface area contributed by atoms with Crippen molar-refractivity contribution in [3.05, 3.63) is 67.0 Å². The maximum absolute atomic E-state index is 14.5. The van der Waals surface area contributed by atoms with Crippen LogP contribution in [-0.4, -0.2) is 50.1 Å². The minimum atomic E-state index is -0.274. The lowest BCUT2D eigenvalue weighted by atomic mass is 9.93. The average Bonchev–Trinajstić information content (AvgIpc) is 3.44. The zero-order chi connectivity index (χ0) is 20.2. The third-order valence-electron chi connectivity index (χ3n) is 5.58. The summed E-state index contributed by atoms with van der Waals surface area (Å²) in [6.07, 6.45) is 11.8. The first kappa shape index (κ1) is 22.3. The van der Waals surface area contributed by atoms with E-state index in [2.05, 4.69) is 36.7 Å². The van der Waals surface area contributed by atoms with Crippen molar-refractivity contribution in [3.8, 4) is 5.69 Å². The number of benzene rings is 1. The Kier molecular flexibility index (Phi) is 7.46. The zero-order valence-corrected chi connectivity index (χ0v) is 19.5. The molecule has 2 unspecified atom stereocenters. The average molecular weight is 523 g/mol. The highest BCUT2D eigenvalue weighted by atomic mass is 127. The predicted molar refractivity (Wildman–Crippen MR) is 126 cm³/mol. The Hall–Kier alpha value is -2.43. The monoisotopic (exact) mass is 523 g/mol. The number of aliphatic imine (C=N–C) groups is 1. The lowest BCUT2D eigenvalue weighted by Gasteiger charge is -2.39. The minimum absolute atomic E-state index is 0. The standard InChI is InChI=1S/C21H26FN7.HI/c1-16-5-8-27(13-20(16)29-10-7-25-15-29)21(23-2)26-12-17-3-4-19(18(22)11-17)28-9-6-24-14-28;/h3-4,6-7,9-11,14-16,20H,5,8,12-13H2,1-2H3,(H,23,26);1H. The van der Waals surface area contributed by atoms with Gasteiger partial charge in [-0.05, 0) is 30.0 Å².